The van der Waals surface area contributed by atoms with E-state index in [-0.39, 0.29) is 12.1 Å². The van der Waals surface area contributed by atoms with Gasteiger partial charge in [-0.3, -0.25) is 10.8 Å². The summed E-state index contributed by atoms with van der Waals surface area (Å²) in [6, 6.07) is 24.6. The van der Waals surface area contributed by atoms with Crippen molar-refractivity contribution in [3.63, 3.8) is 0 Å². The molecule has 0 radical (unpaired) electrons. The van der Waals surface area contributed by atoms with Gasteiger partial charge in [0.1, 0.15) is 46.6 Å². The molecule has 0 saturated heterocycles. The number of rotatable bonds is 9. The number of imidazole rings is 2. The number of nitrogens with zero attached hydrogens (tertiary/aromatic N) is 3. The van der Waals surface area contributed by atoms with Crippen LogP contribution in [0.5, 0.6) is 17.2 Å². The van der Waals surface area contributed by atoms with Crippen molar-refractivity contribution in [1.82, 2.24) is 30.6 Å². The maximum Gasteiger partial charge on any atom is 0.145 e. The number of nitrogens with one attached hydrogen (secondary N) is 6. The van der Waals surface area contributed by atoms with Crippen LogP contribution in [0.25, 0.3) is 44.8 Å². The van der Waals surface area contributed by atoms with Crippen molar-refractivity contribution in [2.24, 2.45) is 0 Å². The lowest BCUT2D eigenvalue weighted by molar-refractivity contribution is 0.410. The molecule has 0 unspecified atom stereocenters. The number of hydrogen-bond acceptors (Lipinski definition) is 7. The van der Waals surface area contributed by atoms with Crippen molar-refractivity contribution in [2.45, 2.75) is 39.8 Å². The fraction of sp³-hybridized carbons (Fsp3) is 0.194. The van der Waals surface area contributed by atoms with Gasteiger partial charge in [-0.25, -0.2) is 9.97 Å². The molecule has 4 aromatic carbocycles. The number of H-pyrrole nitrogens is 2. The second-order valence-electron chi connectivity index (χ2n) is 11.8. The van der Waals surface area contributed by atoms with Crippen LogP contribution >= 0.6 is 0 Å². The third-order valence-electron chi connectivity index (χ3n) is 7.44. The fourth-order valence-electron chi connectivity index (χ4n) is 5.25. The molecule has 0 aliphatic carbocycles. The summed E-state index contributed by atoms with van der Waals surface area (Å²) < 4.78 is 11.9. The lowest BCUT2D eigenvalue weighted by atomic mass is 10.1. The molecule has 0 saturated carbocycles. The molecular formula is C36H35N9O2. The van der Waals surface area contributed by atoms with Crippen LogP contribution in [-0.2, 0) is 0 Å². The van der Waals surface area contributed by atoms with E-state index in [0.717, 1.165) is 44.3 Å². The van der Waals surface area contributed by atoms with Crippen molar-refractivity contribution in [3.05, 3.63) is 89.5 Å². The first kappa shape index (κ1) is 30.9. The first-order chi connectivity index (χ1) is 22.6. The zero-order valence-electron chi connectivity index (χ0n) is 26.7. The number of methoxy groups -OCH3 is 1. The molecule has 47 heavy (non-hydrogen) atoms. The van der Waals surface area contributed by atoms with Crippen molar-refractivity contribution in [1.29, 1.82) is 16.1 Å². The molecule has 11 heteroatoms. The van der Waals surface area contributed by atoms with Gasteiger partial charge in [0.05, 0.1) is 40.3 Å². The van der Waals surface area contributed by atoms with Gasteiger partial charge in [-0.2, -0.15) is 5.26 Å². The van der Waals surface area contributed by atoms with Crippen LogP contribution in [0.2, 0.25) is 0 Å². The van der Waals surface area contributed by atoms with Crippen LogP contribution in [0.15, 0.2) is 72.8 Å². The predicted molar refractivity (Wildman–Crippen MR) is 185 cm³/mol. The monoisotopic (exact) mass is 625 g/mol. The molecule has 0 fully saturated rings. The van der Waals surface area contributed by atoms with Crippen LogP contribution in [0.1, 0.15) is 44.4 Å². The first-order valence-electron chi connectivity index (χ1n) is 15.2. The number of ether oxygens (including phenoxy) is 2. The van der Waals surface area contributed by atoms with E-state index >= 15 is 0 Å². The standard InChI is InChI=1S/C36H35N9O2/c1-19(2)40-33(38)21-6-11-27-29(15-21)44-35(42-27)23-8-13-31(24(14-23)18-37)47-25-9-10-26(32(17-25)46-5)36-43-28-12-7-22(16-30(28)45-36)34(39)41-20(3)4/h6-17,19-20H,1-5H3,(H2,38,40)(H2,39,41)(H,42,44)(H,43,45). The minimum Gasteiger partial charge on any atom is -0.496 e. The van der Waals surface area contributed by atoms with Gasteiger partial charge >= 0.3 is 0 Å². The van der Waals surface area contributed by atoms with E-state index < -0.39 is 0 Å². The van der Waals surface area contributed by atoms with Gasteiger partial charge in [0.25, 0.3) is 0 Å². The Balaban J connectivity index is 1.24. The van der Waals surface area contributed by atoms with Gasteiger partial charge in [0.2, 0.25) is 0 Å². The third-order valence-corrected chi connectivity index (χ3v) is 7.44. The quantitative estimate of drug-likeness (QED) is 0.0735. The summed E-state index contributed by atoms with van der Waals surface area (Å²) in [7, 11) is 1.58. The van der Waals surface area contributed by atoms with E-state index in [1.54, 1.807) is 31.4 Å². The number of nitriles is 1. The molecule has 236 valence electrons. The minimum absolute atomic E-state index is 0.153. The van der Waals surface area contributed by atoms with E-state index in [4.69, 9.17) is 30.3 Å². The SMILES string of the molecule is COc1cc(Oc2ccc(-c3nc4ccc(C(=N)NC(C)C)cc4[nH]3)cc2C#N)ccc1-c1nc2ccc(C(=N)NC(C)C)cc2[nH]1. The molecule has 6 aromatic rings. The second-order valence-corrected chi connectivity index (χ2v) is 11.8. The molecule has 2 aromatic heterocycles. The lowest BCUT2D eigenvalue weighted by Crippen LogP contribution is -2.30. The largest absolute Gasteiger partial charge is 0.496 e. The Bertz CT molecular complexity index is 2190. The minimum atomic E-state index is 0.153. The van der Waals surface area contributed by atoms with Gasteiger partial charge in [-0.15, -0.1) is 0 Å². The maximum absolute atomic E-state index is 9.99. The third kappa shape index (κ3) is 6.48. The zero-order chi connectivity index (χ0) is 33.2. The molecule has 2 heterocycles. The summed E-state index contributed by atoms with van der Waals surface area (Å²) in [4.78, 5) is 16.1. The highest BCUT2D eigenvalue weighted by molar-refractivity contribution is 6.00. The molecule has 6 N–H and O–H groups in total. The van der Waals surface area contributed by atoms with Crippen molar-refractivity contribution >= 4 is 33.7 Å². The Morgan fingerprint density at radius 1 is 0.745 bits per heavy atom. The van der Waals surface area contributed by atoms with Crippen molar-refractivity contribution in [2.75, 3.05) is 7.11 Å². The maximum atomic E-state index is 9.99. The molecule has 0 spiro atoms. The Labute approximate surface area is 272 Å². The van der Waals surface area contributed by atoms with E-state index in [9.17, 15) is 5.26 Å². The lowest BCUT2D eigenvalue weighted by Gasteiger charge is -2.12. The van der Waals surface area contributed by atoms with Crippen LogP contribution < -0.4 is 20.1 Å². The van der Waals surface area contributed by atoms with Gasteiger partial charge in [0.15, 0.2) is 0 Å². The van der Waals surface area contributed by atoms with E-state index in [1.807, 2.05) is 76.2 Å². The van der Waals surface area contributed by atoms with E-state index in [2.05, 4.69) is 26.7 Å². The number of hydrogen-bond donors (Lipinski definition) is 6. The van der Waals surface area contributed by atoms with E-state index in [0.29, 0.717) is 46.1 Å². The average molecular weight is 626 g/mol. The Hall–Kier alpha value is -6.15. The summed E-state index contributed by atoms with van der Waals surface area (Å²) in [5.41, 5.74) is 6.49. The Kier molecular flexibility index (Phi) is 8.33. The molecule has 0 aliphatic heterocycles. The van der Waals surface area contributed by atoms with Gasteiger partial charge < -0.3 is 30.1 Å². The highest BCUT2D eigenvalue weighted by atomic mass is 16.5. The van der Waals surface area contributed by atoms with Crippen LogP contribution in [0.4, 0.5) is 0 Å². The van der Waals surface area contributed by atoms with Gasteiger partial charge in [-0.05, 0) is 94.4 Å². The molecule has 11 nitrogen and oxygen atoms in total. The zero-order valence-corrected chi connectivity index (χ0v) is 26.7. The van der Waals surface area contributed by atoms with Crippen LogP contribution in [-0.4, -0.2) is 50.8 Å². The topological polar surface area (TPSA) is 171 Å². The van der Waals surface area contributed by atoms with E-state index in [1.165, 1.54) is 0 Å². The average Bonchev–Trinajstić information content (AvgIpc) is 3.68. The number of aromatic nitrogens is 4. The highest BCUT2D eigenvalue weighted by Crippen LogP contribution is 2.36. The predicted octanol–water partition coefficient (Wildman–Crippen LogP) is 7.09. The number of benzene rings is 4. The molecule has 6 rings (SSSR count). The summed E-state index contributed by atoms with van der Waals surface area (Å²) >= 11 is 0. The van der Waals surface area contributed by atoms with Crippen LogP contribution in [0, 0.1) is 22.1 Å². The number of fused-ring (bicyclic) bond motifs is 2. The molecule has 0 bridgehead atoms. The highest BCUT2D eigenvalue weighted by Gasteiger charge is 2.16. The van der Waals surface area contributed by atoms with Crippen molar-refractivity contribution < 1.29 is 9.47 Å². The van der Waals surface area contributed by atoms with Crippen LogP contribution in [0.3, 0.4) is 0 Å². The number of aromatic amines is 2. The molecule has 0 aliphatic rings. The summed E-state index contributed by atoms with van der Waals surface area (Å²) in [6.45, 7) is 7.98. The summed E-state index contributed by atoms with van der Waals surface area (Å²) in [5, 5.41) is 32.8. The van der Waals surface area contributed by atoms with Gasteiger partial charge in [-0.1, -0.05) is 0 Å². The van der Waals surface area contributed by atoms with Gasteiger partial charge in [0, 0.05) is 34.8 Å². The Morgan fingerprint density at radius 3 is 1.91 bits per heavy atom. The normalized spacial score (nSPS) is 11.2. The smallest absolute Gasteiger partial charge is 0.145 e. The summed E-state index contributed by atoms with van der Waals surface area (Å²) in [6.07, 6.45) is 0. The van der Waals surface area contributed by atoms with Crippen molar-refractivity contribution in [3.8, 4) is 46.1 Å². The molecule has 0 atom stereocenters. The molecular weight excluding hydrogens is 590 g/mol. The first-order valence-corrected chi connectivity index (χ1v) is 15.2. The second kappa shape index (κ2) is 12.7. The summed E-state index contributed by atoms with van der Waals surface area (Å²) in [5.74, 6) is 3.37. The number of amidine groups is 2. The Morgan fingerprint density at radius 2 is 1.34 bits per heavy atom. The molecule has 0 amide bonds. The fourth-order valence-corrected chi connectivity index (χ4v) is 5.25.